The van der Waals surface area contributed by atoms with Crippen LogP contribution in [-0.2, 0) is 14.3 Å². The van der Waals surface area contributed by atoms with Gasteiger partial charge in [-0.2, -0.15) is 0 Å². The highest BCUT2D eigenvalue weighted by atomic mass is 16.5. The van der Waals surface area contributed by atoms with Crippen LogP contribution in [0.4, 0.5) is 0 Å². The van der Waals surface area contributed by atoms with Crippen LogP contribution < -0.4 is 0 Å². The molecule has 0 aromatic heterocycles. The zero-order chi connectivity index (χ0) is 27.9. The molecule has 0 fully saturated rings. The molecule has 0 aromatic carbocycles. The summed E-state index contributed by atoms with van der Waals surface area (Å²) in [7, 11) is 0. The van der Waals surface area contributed by atoms with Gasteiger partial charge in [-0.15, -0.1) is 0 Å². The molecule has 0 aliphatic rings. The summed E-state index contributed by atoms with van der Waals surface area (Å²) in [5.74, 6) is -0.724. The fourth-order valence-corrected chi connectivity index (χ4v) is 5.30. The normalized spacial score (nSPS) is 12.1. The van der Waals surface area contributed by atoms with E-state index in [9.17, 15) is 9.59 Å². The van der Waals surface area contributed by atoms with Gasteiger partial charge in [-0.05, 0) is 38.5 Å². The third kappa shape index (κ3) is 29.5. The lowest BCUT2D eigenvalue weighted by Crippen LogP contribution is -2.18. The van der Waals surface area contributed by atoms with E-state index in [1.54, 1.807) is 0 Å². The molecule has 38 heavy (non-hydrogen) atoms. The van der Waals surface area contributed by atoms with Gasteiger partial charge in [-0.1, -0.05) is 149 Å². The van der Waals surface area contributed by atoms with Crippen molar-refractivity contribution >= 4 is 11.9 Å². The molecule has 0 aromatic rings. The number of esters is 1. The molecular weight excluding hydrogens is 472 g/mol. The molecule has 0 saturated carbocycles. The number of carbonyl (C=O) groups is 2. The van der Waals surface area contributed by atoms with E-state index < -0.39 is 5.97 Å². The van der Waals surface area contributed by atoms with E-state index in [4.69, 9.17) is 9.84 Å². The number of hydrogen-bond acceptors (Lipinski definition) is 3. The van der Waals surface area contributed by atoms with Crippen molar-refractivity contribution in [2.75, 3.05) is 0 Å². The van der Waals surface area contributed by atoms with Crippen molar-refractivity contribution in [3.05, 3.63) is 0 Å². The number of carbonyl (C=O) groups excluding carboxylic acids is 1. The van der Waals surface area contributed by atoms with Gasteiger partial charge in [0.2, 0.25) is 0 Å². The van der Waals surface area contributed by atoms with Crippen molar-refractivity contribution in [2.24, 2.45) is 0 Å². The molecule has 0 bridgehead atoms. The van der Waals surface area contributed by atoms with Crippen molar-refractivity contribution in [3.8, 4) is 0 Å². The summed E-state index contributed by atoms with van der Waals surface area (Å²) < 4.78 is 5.89. The summed E-state index contributed by atoms with van der Waals surface area (Å²) in [4.78, 5) is 23.1. The summed E-state index contributed by atoms with van der Waals surface area (Å²) in [6.07, 6.45) is 34.1. The van der Waals surface area contributed by atoms with Crippen LogP contribution in [-0.4, -0.2) is 23.1 Å². The highest BCUT2D eigenvalue weighted by molar-refractivity contribution is 5.69. The highest BCUT2D eigenvalue weighted by Crippen LogP contribution is 2.18. The molecule has 1 atom stereocenters. The molecule has 4 nitrogen and oxygen atoms in total. The Kier molecular flexibility index (Phi) is 29.6. The third-order valence-corrected chi connectivity index (χ3v) is 7.83. The molecular formula is C34H66O4. The SMILES string of the molecule is CCCCCCCCCCCCCCCCCCC(=O)OC(CCCCCCC)CCCCCCC(=O)O. The van der Waals surface area contributed by atoms with E-state index in [1.807, 2.05) is 0 Å². The van der Waals surface area contributed by atoms with Gasteiger partial charge in [-0.25, -0.2) is 0 Å². The Labute approximate surface area is 237 Å². The molecule has 0 rings (SSSR count). The van der Waals surface area contributed by atoms with E-state index >= 15 is 0 Å². The lowest BCUT2D eigenvalue weighted by molar-refractivity contribution is -0.150. The van der Waals surface area contributed by atoms with Crippen LogP contribution >= 0.6 is 0 Å². The molecule has 226 valence electrons. The Morgan fingerprint density at radius 1 is 0.474 bits per heavy atom. The van der Waals surface area contributed by atoms with Crippen LogP contribution in [0.1, 0.15) is 200 Å². The number of ether oxygens (including phenoxy) is 1. The van der Waals surface area contributed by atoms with Crippen LogP contribution in [0.3, 0.4) is 0 Å². The minimum absolute atomic E-state index is 0.0141. The molecule has 0 spiro atoms. The number of aliphatic carboxylic acids is 1. The van der Waals surface area contributed by atoms with Gasteiger partial charge in [0.15, 0.2) is 0 Å². The van der Waals surface area contributed by atoms with Gasteiger partial charge in [0.1, 0.15) is 6.10 Å². The molecule has 0 aliphatic heterocycles. The van der Waals surface area contributed by atoms with Crippen molar-refractivity contribution in [3.63, 3.8) is 0 Å². The monoisotopic (exact) mass is 538 g/mol. The number of hydrogen-bond donors (Lipinski definition) is 1. The van der Waals surface area contributed by atoms with E-state index in [-0.39, 0.29) is 18.5 Å². The highest BCUT2D eigenvalue weighted by Gasteiger charge is 2.14. The van der Waals surface area contributed by atoms with E-state index in [0.29, 0.717) is 6.42 Å². The first-order valence-electron chi connectivity index (χ1n) is 17.0. The van der Waals surface area contributed by atoms with E-state index in [2.05, 4.69) is 13.8 Å². The van der Waals surface area contributed by atoms with E-state index in [0.717, 1.165) is 57.8 Å². The quantitative estimate of drug-likeness (QED) is 0.0704. The first-order valence-corrected chi connectivity index (χ1v) is 17.0. The Morgan fingerprint density at radius 2 is 0.789 bits per heavy atom. The third-order valence-electron chi connectivity index (χ3n) is 7.83. The van der Waals surface area contributed by atoms with Crippen LogP contribution in [0.25, 0.3) is 0 Å². The number of unbranched alkanes of at least 4 members (excludes halogenated alkanes) is 22. The minimum atomic E-state index is -0.710. The summed E-state index contributed by atoms with van der Waals surface area (Å²) in [5.41, 5.74) is 0. The Bertz CT molecular complexity index is 505. The number of carboxylic acid groups (broad SMARTS) is 1. The second kappa shape index (κ2) is 30.5. The summed E-state index contributed by atoms with van der Waals surface area (Å²) >= 11 is 0. The van der Waals surface area contributed by atoms with Crippen LogP contribution in [0.2, 0.25) is 0 Å². The fraction of sp³-hybridized carbons (Fsp3) is 0.941. The Balaban J connectivity index is 3.76. The second-order valence-corrected chi connectivity index (χ2v) is 11.7. The molecule has 0 radical (unpaired) electrons. The number of rotatable bonds is 31. The Hall–Kier alpha value is -1.06. The smallest absolute Gasteiger partial charge is 0.306 e. The van der Waals surface area contributed by atoms with Gasteiger partial charge >= 0.3 is 11.9 Å². The molecule has 0 aliphatic carbocycles. The van der Waals surface area contributed by atoms with Crippen molar-refractivity contribution in [1.29, 1.82) is 0 Å². The fourth-order valence-electron chi connectivity index (χ4n) is 5.30. The van der Waals surface area contributed by atoms with Gasteiger partial charge in [0.05, 0.1) is 0 Å². The predicted octanol–water partition coefficient (Wildman–Crippen LogP) is 11.3. The molecule has 0 saturated heterocycles. The first-order chi connectivity index (χ1) is 18.6. The lowest BCUT2D eigenvalue weighted by Gasteiger charge is -2.18. The van der Waals surface area contributed by atoms with Crippen LogP contribution in [0.15, 0.2) is 0 Å². The van der Waals surface area contributed by atoms with Gasteiger partial charge in [0, 0.05) is 12.8 Å². The zero-order valence-corrected chi connectivity index (χ0v) is 25.8. The molecule has 1 N–H and O–H groups in total. The first kappa shape index (κ1) is 36.9. The van der Waals surface area contributed by atoms with Gasteiger partial charge < -0.3 is 9.84 Å². The molecule has 0 amide bonds. The zero-order valence-electron chi connectivity index (χ0n) is 25.8. The maximum absolute atomic E-state index is 12.5. The maximum Gasteiger partial charge on any atom is 0.306 e. The van der Waals surface area contributed by atoms with Crippen LogP contribution in [0, 0.1) is 0 Å². The summed E-state index contributed by atoms with van der Waals surface area (Å²) in [6.45, 7) is 4.51. The second-order valence-electron chi connectivity index (χ2n) is 11.7. The lowest BCUT2D eigenvalue weighted by atomic mass is 10.0. The standard InChI is InChI=1S/C34H66O4/c1-3-5-7-9-10-11-12-13-14-15-16-17-18-19-21-27-31-34(37)38-32(28-24-20-8-6-4-2)29-25-22-23-26-30-33(35)36/h32H,3-31H2,1-2H3,(H,35,36). The summed E-state index contributed by atoms with van der Waals surface area (Å²) in [5, 5.41) is 8.77. The maximum atomic E-state index is 12.5. The summed E-state index contributed by atoms with van der Waals surface area (Å²) in [6, 6.07) is 0. The average molecular weight is 539 g/mol. The van der Waals surface area contributed by atoms with Crippen molar-refractivity contribution in [2.45, 2.75) is 206 Å². The van der Waals surface area contributed by atoms with Crippen LogP contribution in [0.5, 0.6) is 0 Å². The largest absolute Gasteiger partial charge is 0.481 e. The average Bonchev–Trinajstić information content (AvgIpc) is 2.89. The minimum Gasteiger partial charge on any atom is -0.481 e. The van der Waals surface area contributed by atoms with Gasteiger partial charge in [-0.3, -0.25) is 9.59 Å². The van der Waals surface area contributed by atoms with Gasteiger partial charge in [0.25, 0.3) is 0 Å². The molecule has 1 unspecified atom stereocenters. The topological polar surface area (TPSA) is 63.6 Å². The van der Waals surface area contributed by atoms with Crippen molar-refractivity contribution in [1.82, 2.24) is 0 Å². The molecule has 4 heteroatoms. The van der Waals surface area contributed by atoms with E-state index in [1.165, 1.54) is 116 Å². The molecule has 0 heterocycles. The number of carboxylic acids is 1. The predicted molar refractivity (Wildman–Crippen MR) is 163 cm³/mol. The van der Waals surface area contributed by atoms with Crippen molar-refractivity contribution < 1.29 is 19.4 Å². The Morgan fingerprint density at radius 3 is 1.16 bits per heavy atom.